The first-order valence-corrected chi connectivity index (χ1v) is 10.1. The van der Waals surface area contributed by atoms with Crippen LogP contribution in [0.3, 0.4) is 0 Å². The third-order valence-corrected chi connectivity index (χ3v) is 5.18. The Bertz CT molecular complexity index is 652. The van der Waals surface area contributed by atoms with Gasteiger partial charge in [0.1, 0.15) is 12.1 Å². The van der Waals surface area contributed by atoms with Gasteiger partial charge in [0.15, 0.2) is 0 Å². The molecule has 7 nitrogen and oxygen atoms in total. The van der Waals surface area contributed by atoms with Crippen LogP contribution in [0.4, 0.5) is 11.4 Å². The van der Waals surface area contributed by atoms with Gasteiger partial charge >= 0.3 is 0 Å². The molecule has 0 saturated carbocycles. The lowest BCUT2D eigenvalue weighted by atomic mass is 10.1. The molecule has 1 aromatic rings. The van der Waals surface area contributed by atoms with Crippen LogP contribution in [0.25, 0.3) is 6.08 Å². The van der Waals surface area contributed by atoms with E-state index in [-0.39, 0.29) is 6.42 Å². The number of anilines is 1. The van der Waals surface area contributed by atoms with Gasteiger partial charge in [-0.15, -0.1) is 0 Å². The van der Waals surface area contributed by atoms with E-state index in [4.69, 9.17) is 11.5 Å². The quantitative estimate of drug-likeness (QED) is 0.275. The van der Waals surface area contributed by atoms with Gasteiger partial charge < -0.3 is 31.7 Å². The lowest BCUT2D eigenvalue weighted by Crippen LogP contribution is -2.43. The van der Waals surface area contributed by atoms with Crippen molar-refractivity contribution in [2.45, 2.75) is 38.5 Å². The summed E-state index contributed by atoms with van der Waals surface area (Å²) in [4.78, 5) is 9.07. The van der Waals surface area contributed by atoms with E-state index in [0.29, 0.717) is 11.9 Å². The van der Waals surface area contributed by atoms with E-state index in [1.165, 1.54) is 25.9 Å². The van der Waals surface area contributed by atoms with Crippen LogP contribution < -0.4 is 21.7 Å². The second kappa shape index (κ2) is 11.2. The molecule has 28 heavy (non-hydrogen) atoms. The Morgan fingerprint density at radius 3 is 2.79 bits per heavy atom. The molecule has 1 aliphatic rings. The molecule has 1 unspecified atom stereocenters. The van der Waals surface area contributed by atoms with Gasteiger partial charge in [-0.2, -0.15) is 0 Å². The highest BCUT2D eigenvalue weighted by Gasteiger charge is 2.16. The number of piperidine rings is 1. The fourth-order valence-corrected chi connectivity index (χ4v) is 3.55. The summed E-state index contributed by atoms with van der Waals surface area (Å²) in [5.41, 5.74) is 14.1. The van der Waals surface area contributed by atoms with Crippen molar-refractivity contribution in [3.8, 4) is 0 Å². The maximum Gasteiger partial charge on any atom is 0.109 e. The number of aliphatic hydroxyl groups is 1. The first-order valence-electron chi connectivity index (χ1n) is 10.1. The molecule has 7 heteroatoms. The third kappa shape index (κ3) is 6.91. The molecule has 0 bridgehead atoms. The number of aliphatic imine (C=N–C) groups is 1. The maximum atomic E-state index is 9.23. The largest absolute Gasteiger partial charge is 0.387 e. The topological polar surface area (TPSA) is 103 Å². The fraction of sp³-hybridized carbons (Fsp3) is 0.571. The zero-order valence-electron chi connectivity index (χ0n) is 17.3. The van der Waals surface area contributed by atoms with E-state index in [2.05, 4.69) is 46.7 Å². The Labute approximate surface area is 169 Å². The second-order valence-corrected chi connectivity index (χ2v) is 7.43. The number of likely N-dealkylation sites (tertiary alicyclic amines) is 1. The predicted octanol–water partition coefficient (Wildman–Crippen LogP) is 1.50. The number of nitrogens with zero attached hydrogens (tertiary/aromatic N) is 3. The number of nitrogens with two attached hydrogens (primary N) is 2. The molecule has 1 heterocycles. The van der Waals surface area contributed by atoms with Crippen molar-refractivity contribution in [3.63, 3.8) is 0 Å². The van der Waals surface area contributed by atoms with Crippen LogP contribution in [0.1, 0.15) is 31.7 Å². The lowest BCUT2D eigenvalue weighted by Gasteiger charge is -2.31. The molecule has 156 valence electrons. The summed E-state index contributed by atoms with van der Waals surface area (Å²) in [6.07, 6.45) is 3.43. The average Bonchev–Trinajstić information content (AvgIpc) is 2.66. The molecule has 0 aliphatic carbocycles. The van der Waals surface area contributed by atoms with Crippen molar-refractivity contribution in [1.82, 2.24) is 10.2 Å². The Hall–Kier alpha value is -1.93. The van der Waals surface area contributed by atoms with E-state index in [0.717, 1.165) is 36.6 Å². The Kier molecular flexibility index (Phi) is 8.92. The zero-order valence-corrected chi connectivity index (χ0v) is 17.3. The van der Waals surface area contributed by atoms with Crippen LogP contribution in [0.15, 0.2) is 29.8 Å². The lowest BCUT2D eigenvalue weighted by molar-refractivity contribution is 0.190. The van der Waals surface area contributed by atoms with Gasteiger partial charge in [0.2, 0.25) is 0 Å². The highest BCUT2D eigenvalue weighted by Crippen LogP contribution is 2.27. The Morgan fingerprint density at radius 2 is 2.18 bits per heavy atom. The van der Waals surface area contributed by atoms with Crippen molar-refractivity contribution in [2.75, 3.05) is 44.7 Å². The summed E-state index contributed by atoms with van der Waals surface area (Å²) < 4.78 is 0. The van der Waals surface area contributed by atoms with Crippen molar-refractivity contribution >= 4 is 23.3 Å². The number of amidine groups is 1. The number of nitrogens with one attached hydrogen (secondary N) is 1. The highest BCUT2D eigenvalue weighted by molar-refractivity contribution is 5.84. The molecule has 0 amide bonds. The number of hydrogen-bond donors (Lipinski definition) is 4. The van der Waals surface area contributed by atoms with Crippen molar-refractivity contribution < 1.29 is 5.11 Å². The second-order valence-electron chi connectivity index (χ2n) is 7.43. The van der Waals surface area contributed by atoms with E-state index >= 15 is 0 Å². The standard InChI is InChI=1S/C21H36N6O/c1-4-16-14-18(25-20(22)15-21(23)28)6-7-19(16)27(5-2)13-10-24-17-8-11-26(3)12-9-17/h4,6-7,14,17,21,24,28H,1,5,8-13,15,23H2,2-3H3,(H2,22,25). The summed E-state index contributed by atoms with van der Waals surface area (Å²) >= 11 is 0. The van der Waals surface area contributed by atoms with Crippen molar-refractivity contribution in [2.24, 2.45) is 16.5 Å². The van der Waals surface area contributed by atoms with Gasteiger partial charge in [-0.25, -0.2) is 4.99 Å². The van der Waals surface area contributed by atoms with Crippen LogP contribution in [-0.4, -0.2) is 67.9 Å². The molecule has 0 radical (unpaired) electrons. The molecular formula is C21H36N6O. The molecule has 1 aromatic carbocycles. The molecular weight excluding hydrogens is 352 g/mol. The molecule has 1 saturated heterocycles. The van der Waals surface area contributed by atoms with Gasteiger partial charge in [-0.1, -0.05) is 12.7 Å². The summed E-state index contributed by atoms with van der Waals surface area (Å²) in [7, 11) is 2.19. The number of rotatable bonds is 10. The third-order valence-electron chi connectivity index (χ3n) is 5.18. The maximum absolute atomic E-state index is 9.23. The van der Waals surface area contributed by atoms with Gasteiger partial charge in [0, 0.05) is 37.8 Å². The van der Waals surface area contributed by atoms with E-state index in [1.54, 1.807) is 0 Å². The van der Waals surface area contributed by atoms with E-state index in [1.807, 2.05) is 18.2 Å². The average molecular weight is 389 g/mol. The minimum Gasteiger partial charge on any atom is -0.387 e. The summed E-state index contributed by atoms with van der Waals surface area (Å²) in [5.74, 6) is 0.312. The highest BCUT2D eigenvalue weighted by atomic mass is 16.3. The number of aliphatic hydroxyl groups excluding tert-OH is 1. The zero-order chi connectivity index (χ0) is 20.5. The van der Waals surface area contributed by atoms with Crippen molar-refractivity contribution in [1.29, 1.82) is 0 Å². The number of benzene rings is 1. The van der Waals surface area contributed by atoms with Crippen LogP contribution >= 0.6 is 0 Å². The summed E-state index contributed by atoms with van der Waals surface area (Å²) in [5, 5.41) is 12.9. The Morgan fingerprint density at radius 1 is 1.46 bits per heavy atom. The first-order chi connectivity index (χ1) is 13.4. The smallest absolute Gasteiger partial charge is 0.109 e. The van der Waals surface area contributed by atoms with E-state index < -0.39 is 6.23 Å². The van der Waals surface area contributed by atoms with Gasteiger partial charge in [-0.3, -0.25) is 0 Å². The minimum absolute atomic E-state index is 0.148. The van der Waals surface area contributed by atoms with Crippen molar-refractivity contribution in [3.05, 3.63) is 30.3 Å². The fourth-order valence-electron chi connectivity index (χ4n) is 3.55. The molecule has 0 aromatic heterocycles. The molecule has 2 rings (SSSR count). The van der Waals surface area contributed by atoms with Gasteiger partial charge in [0.25, 0.3) is 0 Å². The van der Waals surface area contributed by atoms with E-state index in [9.17, 15) is 5.11 Å². The van der Waals surface area contributed by atoms with Gasteiger partial charge in [0.05, 0.1) is 5.69 Å². The van der Waals surface area contributed by atoms with Crippen LogP contribution in [-0.2, 0) is 0 Å². The molecule has 0 spiro atoms. The Balaban J connectivity index is 1.99. The van der Waals surface area contributed by atoms with Gasteiger partial charge in [-0.05, 0) is 63.7 Å². The predicted molar refractivity (Wildman–Crippen MR) is 119 cm³/mol. The first kappa shape index (κ1) is 22.4. The number of hydrogen-bond acceptors (Lipinski definition) is 6. The minimum atomic E-state index is -0.991. The molecule has 6 N–H and O–H groups in total. The summed E-state index contributed by atoms with van der Waals surface area (Å²) in [6, 6.07) is 6.57. The van der Waals surface area contributed by atoms with Crippen LogP contribution in [0, 0.1) is 0 Å². The summed E-state index contributed by atoms with van der Waals surface area (Å²) in [6.45, 7) is 11.3. The van der Waals surface area contributed by atoms with Crippen LogP contribution in [0.5, 0.6) is 0 Å². The SMILES string of the molecule is C=Cc1cc(N=C(N)CC(N)O)ccc1N(CC)CCNC1CCN(C)CC1. The van der Waals surface area contributed by atoms with Crippen LogP contribution in [0.2, 0.25) is 0 Å². The molecule has 1 aliphatic heterocycles. The molecule has 1 fully saturated rings. The monoisotopic (exact) mass is 388 g/mol. The number of likely N-dealkylation sites (N-methyl/N-ethyl adjacent to an activating group) is 1. The normalized spacial score (nSPS) is 17.5. The molecule has 1 atom stereocenters.